The molecule has 7 nitrogen and oxygen atoms in total. The average molecular weight is 577 g/mol. The van der Waals surface area contributed by atoms with E-state index in [1.165, 1.54) is 11.3 Å². The maximum Gasteiger partial charge on any atom is 0.338 e. The van der Waals surface area contributed by atoms with Crippen LogP contribution in [0.3, 0.4) is 0 Å². The number of ether oxygens (including phenoxy) is 3. The van der Waals surface area contributed by atoms with Crippen LogP contribution in [0.5, 0.6) is 11.5 Å². The normalized spacial score (nSPS) is 14.8. The Hall–Kier alpha value is -4.95. The molecule has 8 heteroatoms. The van der Waals surface area contributed by atoms with Crippen molar-refractivity contribution >= 4 is 39.9 Å². The Morgan fingerprint density at radius 2 is 1.57 bits per heavy atom. The van der Waals surface area contributed by atoms with E-state index in [2.05, 4.69) is 0 Å². The van der Waals surface area contributed by atoms with Gasteiger partial charge in [-0.05, 0) is 36.1 Å². The van der Waals surface area contributed by atoms with Crippen LogP contribution in [0.15, 0.2) is 106 Å². The van der Waals surface area contributed by atoms with Gasteiger partial charge in [0, 0.05) is 16.5 Å². The Bertz CT molecular complexity index is 2020. The molecule has 2 heterocycles. The number of fused-ring (bicyclic) bond motifs is 2. The van der Waals surface area contributed by atoms with Crippen LogP contribution in [0, 0.1) is 0 Å². The zero-order chi connectivity index (χ0) is 29.2. The molecular formula is C34H28N2O5S. The number of esters is 1. The van der Waals surface area contributed by atoms with E-state index < -0.39 is 12.0 Å². The van der Waals surface area contributed by atoms with E-state index in [-0.39, 0.29) is 17.7 Å². The van der Waals surface area contributed by atoms with Crippen LogP contribution >= 0.6 is 11.3 Å². The highest BCUT2D eigenvalue weighted by Crippen LogP contribution is 2.38. The van der Waals surface area contributed by atoms with E-state index in [1.807, 2.05) is 97.1 Å². The van der Waals surface area contributed by atoms with Gasteiger partial charge in [-0.1, -0.05) is 90.2 Å². The highest BCUT2D eigenvalue weighted by Gasteiger charge is 2.36. The first kappa shape index (κ1) is 27.2. The highest BCUT2D eigenvalue weighted by atomic mass is 32.1. The zero-order valence-electron chi connectivity index (χ0n) is 23.4. The SMILES string of the molecule is CCOC(=O)C1=C(c2ccccc2)N=c2s/c(=C\c3ccc(OC)c4ccccc34)c(=O)n2C1c1ccccc1OC. The number of hydrogen-bond acceptors (Lipinski definition) is 7. The van der Waals surface area contributed by atoms with Crippen molar-refractivity contribution in [3.63, 3.8) is 0 Å². The van der Waals surface area contributed by atoms with Crippen LogP contribution in [-0.4, -0.2) is 31.4 Å². The number of methoxy groups -OCH3 is 2. The van der Waals surface area contributed by atoms with E-state index in [9.17, 15) is 9.59 Å². The Morgan fingerprint density at radius 3 is 2.31 bits per heavy atom. The van der Waals surface area contributed by atoms with Gasteiger partial charge in [-0.15, -0.1) is 0 Å². The van der Waals surface area contributed by atoms with Crippen molar-refractivity contribution in [2.24, 2.45) is 4.99 Å². The average Bonchev–Trinajstić information content (AvgIpc) is 3.35. The summed E-state index contributed by atoms with van der Waals surface area (Å²) in [7, 11) is 3.21. The third-order valence-corrected chi connectivity index (χ3v) is 8.21. The molecular weight excluding hydrogens is 548 g/mol. The number of para-hydroxylation sites is 1. The first-order chi connectivity index (χ1) is 20.5. The first-order valence-corrected chi connectivity index (χ1v) is 14.3. The molecule has 0 amide bonds. The molecule has 0 bridgehead atoms. The quantitative estimate of drug-likeness (QED) is 0.252. The van der Waals surface area contributed by atoms with Gasteiger partial charge >= 0.3 is 5.97 Å². The van der Waals surface area contributed by atoms with Gasteiger partial charge in [-0.2, -0.15) is 0 Å². The molecule has 210 valence electrons. The lowest BCUT2D eigenvalue weighted by molar-refractivity contribution is -0.138. The Kier molecular flexibility index (Phi) is 7.46. The number of benzene rings is 4. The van der Waals surface area contributed by atoms with Gasteiger partial charge in [0.15, 0.2) is 4.80 Å². The molecule has 6 rings (SSSR count). The minimum absolute atomic E-state index is 0.179. The lowest BCUT2D eigenvalue weighted by Gasteiger charge is -2.27. The Labute approximate surface area is 246 Å². The number of aromatic nitrogens is 1. The number of carbonyl (C=O) groups is 1. The van der Waals surface area contributed by atoms with Crippen LogP contribution < -0.4 is 24.4 Å². The van der Waals surface area contributed by atoms with E-state index >= 15 is 0 Å². The summed E-state index contributed by atoms with van der Waals surface area (Å²) in [5.41, 5.74) is 2.77. The fraction of sp³-hybridized carbons (Fsp3) is 0.147. The zero-order valence-corrected chi connectivity index (χ0v) is 24.2. The van der Waals surface area contributed by atoms with Gasteiger partial charge in [-0.25, -0.2) is 9.79 Å². The maximum atomic E-state index is 14.3. The monoisotopic (exact) mass is 576 g/mol. The fourth-order valence-corrected chi connectivity index (χ4v) is 6.36. The summed E-state index contributed by atoms with van der Waals surface area (Å²) in [5.74, 6) is 0.771. The summed E-state index contributed by atoms with van der Waals surface area (Å²) in [6.07, 6.45) is 1.88. The third-order valence-electron chi connectivity index (χ3n) is 7.23. The summed E-state index contributed by atoms with van der Waals surface area (Å²) in [6, 6.07) is 27.8. The smallest absolute Gasteiger partial charge is 0.338 e. The molecule has 0 aliphatic carbocycles. The number of nitrogens with zero attached hydrogens (tertiary/aromatic N) is 2. The minimum Gasteiger partial charge on any atom is -0.496 e. The largest absolute Gasteiger partial charge is 0.496 e. The van der Waals surface area contributed by atoms with Gasteiger partial charge in [0.2, 0.25) is 0 Å². The standard InChI is InChI=1S/C34H28N2O5S/c1-4-41-33(38)29-30(21-12-6-5-7-13-21)35-34-36(31(29)25-16-10-11-17-26(25)39-2)32(37)28(42-34)20-22-18-19-27(40-3)24-15-9-8-14-23(22)24/h5-20,31H,4H2,1-3H3/b28-20-. The summed E-state index contributed by atoms with van der Waals surface area (Å²) in [5, 5.41) is 1.91. The van der Waals surface area contributed by atoms with Crippen molar-refractivity contribution in [3.05, 3.63) is 133 Å². The lowest BCUT2D eigenvalue weighted by atomic mass is 9.92. The van der Waals surface area contributed by atoms with Crippen molar-refractivity contribution < 1.29 is 19.0 Å². The van der Waals surface area contributed by atoms with Crippen molar-refractivity contribution in [1.29, 1.82) is 0 Å². The second kappa shape index (κ2) is 11.5. The molecule has 1 aromatic heterocycles. The van der Waals surface area contributed by atoms with Crippen molar-refractivity contribution in [1.82, 2.24) is 4.57 Å². The molecule has 1 aliphatic heterocycles. The Morgan fingerprint density at radius 1 is 0.881 bits per heavy atom. The summed E-state index contributed by atoms with van der Waals surface area (Å²) in [6.45, 7) is 1.94. The highest BCUT2D eigenvalue weighted by molar-refractivity contribution is 7.07. The van der Waals surface area contributed by atoms with Crippen LogP contribution in [0.2, 0.25) is 0 Å². The molecule has 4 aromatic carbocycles. The van der Waals surface area contributed by atoms with E-state index in [0.29, 0.717) is 26.3 Å². The molecule has 5 aromatic rings. The second-order valence-electron chi connectivity index (χ2n) is 9.58. The maximum absolute atomic E-state index is 14.3. The molecule has 0 radical (unpaired) electrons. The van der Waals surface area contributed by atoms with Crippen LogP contribution in [0.1, 0.15) is 29.7 Å². The van der Waals surface area contributed by atoms with E-state index in [1.54, 1.807) is 25.7 Å². The molecule has 1 atom stereocenters. The van der Waals surface area contributed by atoms with Crippen molar-refractivity contribution in [2.75, 3.05) is 20.8 Å². The molecule has 0 spiro atoms. The van der Waals surface area contributed by atoms with Crippen LogP contribution in [-0.2, 0) is 9.53 Å². The molecule has 42 heavy (non-hydrogen) atoms. The lowest BCUT2D eigenvalue weighted by Crippen LogP contribution is -2.40. The number of hydrogen-bond donors (Lipinski definition) is 0. The van der Waals surface area contributed by atoms with Gasteiger partial charge in [0.1, 0.15) is 17.5 Å². The molecule has 0 N–H and O–H groups in total. The minimum atomic E-state index is -0.818. The Balaban J connectivity index is 1.67. The molecule has 0 fully saturated rings. The first-order valence-electron chi connectivity index (χ1n) is 13.5. The van der Waals surface area contributed by atoms with Crippen LogP contribution in [0.4, 0.5) is 0 Å². The van der Waals surface area contributed by atoms with E-state index in [4.69, 9.17) is 19.2 Å². The van der Waals surface area contributed by atoms with Gasteiger partial charge < -0.3 is 14.2 Å². The summed E-state index contributed by atoms with van der Waals surface area (Å²) < 4.78 is 18.9. The van der Waals surface area contributed by atoms with Gasteiger partial charge in [0.05, 0.1) is 36.6 Å². The number of carbonyl (C=O) groups excluding carboxylic acids is 1. The van der Waals surface area contributed by atoms with Gasteiger partial charge in [0.25, 0.3) is 5.56 Å². The molecule has 0 saturated carbocycles. The van der Waals surface area contributed by atoms with E-state index in [0.717, 1.165) is 27.6 Å². The summed E-state index contributed by atoms with van der Waals surface area (Å²) in [4.78, 5) is 33.4. The van der Waals surface area contributed by atoms with Crippen molar-refractivity contribution in [2.45, 2.75) is 13.0 Å². The fourth-order valence-electron chi connectivity index (χ4n) is 5.37. The van der Waals surface area contributed by atoms with Crippen molar-refractivity contribution in [3.8, 4) is 11.5 Å². The second-order valence-corrected chi connectivity index (χ2v) is 10.6. The van der Waals surface area contributed by atoms with Gasteiger partial charge in [-0.3, -0.25) is 9.36 Å². The predicted molar refractivity (Wildman–Crippen MR) is 165 cm³/mol. The molecule has 1 aliphatic rings. The van der Waals surface area contributed by atoms with Crippen LogP contribution in [0.25, 0.3) is 22.5 Å². The topological polar surface area (TPSA) is 79.1 Å². The predicted octanol–water partition coefficient (Wildman–Crippen LogP) is 5.11. The third kappa shape index (κ3) is 4.69. The molecule has 1 unspecified atom stereocenters. The number of rotatable bonds is 7. The summed E-state index contributed by atoms with van der Waals surface area (Å²) >= 11 is 1.28. The number of thiazole rings is 1. The molecule has 0 saturated heterocycles.